The van der Waals surface area contributed by atoms with Gasteiger partial charge in [0.15, 0.2) is 0 Å². The van der Waals surface area contributed by atoms with Crippen molar-refractivity contribution in [2.45, 2.75) is 54.0 Å². The second-order valence-electron chi connectivity index (χ2n) is 6.86. The standard InChI is InChI=1S/C16H34N2/c1-7-14(6)16-11-18(9-8-17-16)10-15(12(2)3)13(4)5/h12-17H,7-11H2,1-6H3. The first-order valence-electron chi connectivity index (χ1n) is 7.91. The third-order valence-corrected chi connectivity index (χ3v) is 4.80. The zero-order valence-electron chi connectivity index (χ0n) is 13.4. The molecule has 0 bridgehead atoms. The van der Waals surface area contributed by atoms with Crippen LogP contribution in [0.5, 0.6) is 0 Å². The fourth-order valence-corrected chi connectivity index (χ4v) is 3.16. The molecule has 1 N–H and O–H groups in total. The molecule has 1 aliphatic rings. The summed E-state index contributed by atoms with van der Waals surface area (Å²) in [5.41, 5.74) is 0. The third-order valence-electron chi connectivity index (χ3n) is 4.80. The molecule has 108 valence electrons. The summed E-state index contributed by atoms with van der Waals surface area (Å²) in [6, 6.07) is 0.698. The number of piperazine rings is 1. The third kappa shape index (κ3) is 4.55. The molecule has 1 rings (SSSR count). The topological polar surface area (TPSA) is 15.3 Å². The Hall–Kier alpha value is -0.0800. The Morgan fingerprint density at radius 3 is 2.22 bits per heavy atom. The number of rotatable bonds is 6. The summed E-state index contributed by atoms with van der Waals surface area (Å²) in [7, 11) is 0. The molecule has 2 heteroatoms. The van der Waals surface area contributed by atoms with Crippen LogP contribution in [-0.2, 0) is 0 Å². The van der Waals surface area contributed by atoms with Crippen LogP contribution in [0.15, 0.2) is 0 Å². The lowest BCUT2D eigenvalue weighted by atomic mass is 9.84. The summed E-state index contributed by atoms with van der Waals surface area (Å²) in [5, 5.41) is 3.69. The highest BCUT2D eigenvalue weighted by Gasteiger charge is 2.26. The Labute approximate surface area is 115 Å². The molecule has 1 aliphatic heterocycles. The van der Waals surface area contributed by atoms with E-state index in [9.17, 15) is 0 Å². The van der Waals surface area contributed by atoms with Crippen LogP contribution in [0.25, 0.3) is 0 Å². The van der Waals surface area contributed by atoms with Crippen molar-refractivity contribution >= 4 is 0 Å². The number of hydrogen-bond donors (Lipinski definition) is 1. The Balaban J connectivity index is 2.50. The van der Waals surface area contributed by atoms with Crippen LogP contribution in [0.2, 0.25) is 0 Å². The Kier molecular flexibility index (Phi) is 6.65. The highest BCUT2D eigenvalue weighted by Crippen LogP contribution is 2.23. The predicted octanol–water partition coefficient (Wildman–Crippen LogP) is 3.23. The fourth-order valence-electron chi connectivity index (χ4n) is 3.16. The molecule has 0 aromatic rings. The molecule has 0 saturated carbocycles. The molecule has 1 heterocycles. The fraction of sp³-hybridized carbons (Fsp3) is 1.00. The minimum absolute atomic E-state index is 0.698. The molecule has 0 radical (unpaired) electrons. The first-order valence-corrected chi connectivity index (χ1v) is 7.91. The van der Waals surface area contributed by atoms with Crippen LogP contribution in [0.4, 0.5) is 0 Å². The van der Waals surface area contributed by atoms with Gasteiger partial charge in [-0.05, 0) is 23.7 Å². The minimum atomic E-state index is 0.698. The van der Waals surface area contributed by atoms with Crippen molar-refractivity contribution in [1.82, 2.24) is 10.2 Å². The van der Waals surface area contributed by atoms with Crippen LogP contribution in [0.1, 0.15) is 48.0 Å². The van der Waals surface area contributed by atoms with Gasteiger partial charge in [-0.1, -0.05) is 48.0 Å². The van der Waals surface area contributed by atoms with Gasteiger partial charge in [-0.15, -0.1) is 0 Å². The van der Waals surface area contributed by atoms with Crippen molar-refractivity contribution < 1.29 is 0 Å². The van der Waals surface area contributed by atoms with Crippen molar-refractivity contribution in [3.63, 3.8) is 0 Å². The van der Waals surface area contributed by atoms with E-state index in [2.05, 4.69) is 51.8 Å². The van der Waals surface area contributed by atoms with Crippen LogP contribution in [-0.4, -0.2) is 37.1 Å². The maximum absolute atomic E-state index is 3.69. The molecule has 0 aliphatic carbocycles. The molecular formula is C16H34N2. The molecule has 0 aromatic heterocycles. The lowest BCUT2D eigenvalue weighted by Gasteiger charge is -2.39. The van der Waals surface area contributed by atoms with Gasteiger partial charge in [0.05, 0.1) is 0 Å². The van der Waals surface area contributed by atoms with Crippen LogP contribution >= 0.6 is 0 Å². The molecule has 1 fully saturated rings. The van der Waals surface area contributed by atoms with Gasteiger partial charge in [0, 0.05) is 32.2 Å². The maximum Gasteiger partial charge on any atom is 0.0221 e. The van der Waals surface area contributed by atoms with Crippen molar-refractivity contribution in [2.24, 2.45) is 23.7 Å². The van der Waals surface area contributed by atoms with E-state index in [0.29, 0.717) is 6.04 Å². The zero-order chi connectivity index (χ0) is 13.7. The highest BCUT2D eigenvalue weighted by atomic mass is 15.2. The van der Waals surface area contributed by atoms with Crippen molar-refractivity contribution in [1.29, 1.82) is 0 Å². The molecule has 1 saturated heterocycles. The van der Waals surface area contributed by atoms with Gasteiger partial charge in [-0.25, -0.2) is 0 Å². The van der Waals surface area contributed by atoms with Gasteiger partial charge < -0.3 is 10.2 Å². The molecular weight excluding hydrogens is 220 g/mol. The van der Waals surface area contributed by atoms with E-state index < -0.39 is 0 Å². The second kappa shape index (κ2) is 7.49. The highest BCUT2D eigenvalue weighted by molar-refractivity contribution is 4.84. The second-order valence-corrected chi connectivity index (χ2v) is 6.86. The predicted molar refractivity (Wildman–Crippen MR) is 80.9 cm³/mol. The van der Waals surface area contributed by atoms with Gasteiger partial charge in [-0.3, -0.25) is 0 Å². The summed E-state index contributed by atoms with van der Waals surface area (Å²) in [5.74, 6) is 3.22. The van der Waals surface area contributed by atoms with E-state index in [4.69, 9.17) is 0 Å². The molecule has 18 heavy (non-hydrogen) atoms. The molecule has 2 nitrogen and oxygen atoms in total. The summed E-state index contributed by atoms with van der Waals surface area (Å²) < 4.78 is 0. The van der Waals surface area contributed by atoms with Crippen molar-refractivity contribution in [3.8, 4) is 0 Å². The average molecular weight is 254 g/mol. The Bertz CT molecular complexity index is 217. The molecule has 0 spiro atoms. The summed E-state index contributed by atoms with van der Waals surface area (Å²) in [6.45, 7) is 19.1. The SMILES string of the molecule is CCC(C)C1CN(CC(C(C)C)C(C)C)CCN1. The van der Waals surface area contributed by atoms with Gasteiger partial charge >= 0.3 is 0 Å². The number of nitrogens with zero attached hydrogens (tertiary/aromatic N) is 1. The normalized spacial score (nSPS) is 24.2. The van der Waals surface area contributed by atoms with Crippen molar-refractivity contribution in [2.75, 3.05) is 26.2 Å². The van der Waals surface area contributed by atoms with E-state index in [1.165, 1.54) is 26.1 Å². The van der Waals surface area contributed by atoms with Gasteiger partial charge in [0.25, 0.3) is 0 Å². The summed E-state index contributed by atoms with van der Waals surface area (Å²) in [6.07, 6.45) is 1.28. The van der Waals surface area contributed by atoms with E-state index >= 15 is 0 Å². The zero-order valence-corrected chi connectivity index (χ0v) is 13.4. The molecule has 2 atom stereocenters. The quantitative estimate of drug-likeness (QED) is 0.783. The summed E-state index contributed by atoms with van der Waals surface area (Å²) in [4.78, 5) is 2.69. The number of hydrogen-bond acceptors (Lipinski definition) is 2. The first-order chi connectivity index (χ1) is 8.45. The smallest absolute Gasteiger partial charge is 0.0221 e. The number of nitrogens with one attached hydrogen (secondary N) is 1. The lowest BCUT2D eigenvalue weighted by molar-refractivity contribution is 0.117. The van der Waals surface area contributed by atoms with E-state index in [0.717, 1.165) is 30.2 Å². The Morgan fingerprint density at radius 2 is 1.72 bits per heavy atom. The van der Waals surface area contributed by atoms with Crippen LogP contribution in [0, 0.1) is 23.7 Å². The minimum Gasteiger partial charge on any atom is -0.311 e. The van der Waals surface area contributed by atoms with Gasteiger partial charge in [0.2, 0.25) is 0 Å². The Morgan fingerprint density at radius 1 is 1.11 bits per heavy atom. The molecule has 0 amide bonds. The van der Waals surface area contributed by atoms with E-state index in [1.807, 2.05) is 0 Å². The first kappa shape index (κ1) is 16.0. The average Bonchev–Trinajstić information content (AvgIpc) is 2.34. The largest absolute Gasteiger partial charge is 0.311 e. The molecule has 2 unspecified atom stereocenters. The van der Waals surface area contributed by atoms with Crippen LogP contribution in [0.3, 0.4) is 0 Å². The maximum atomic E-state index is 3.69. The van der Waals surface area contributed by atoms with Gasteiger partial charge in [-0.2, -0.15) is 0 Å². The lowest BCUT2D eigenvalue weighted by Crippen LogP contribution is -2.54. The van der Waals surface area contributed by atoms with Crippen LogP contribution < -0.4 is 5.32 Å². The van der Waals surface area contributed by atoms with Crippen molar-refractivity contribution in [3.05, 3.63) is 0 Å². The van der Waals surface area contributed by atoms with E-state index in [1.54, 1.807) is 0 Å². The molecule has 0 aromatic carbocycles. The van der Waals surface area contributed by atoms with E-state index in [-0.39, 0.29) is 0 Å². The van der Waals surface area contributed by atoms with Gasteiger partial charge in [0.1, 0.15) is 0 Å². The monoisotopic (exact) mass is 254 g/mol. The summed E-state index contributed by atoms with van der Waals surface area (Å²) >= 11 is 0.